The molecule has 4 nitrogen and oxygen atoms in total. The van der Waals surface area contributed by atoms with E-state index in [1.165, 1.54) is 0 Å². The van der Waals surface area contributed by atoms with Gasteiger partial charge in [-0.15, -0.1) is 0 Å². The van der Waals surface area contributed by atoms with Crippen molar-refractivity contribution in [1.29, 1.82) is 0 Å². The van der Waals surface area contributed by atoms with Crippen LogP contribution in [0.3, 0.4) is 0 Å². The van der Waals surface area contributed by atoms with Crippen molar-refractivity contribution in [1.82, 2.24) is 10.2 Å². The van der Waals surface area contributed by atoms with E-state index >= 15 is 0 Å². The van der Waals surface area contributed by atoms with Crippen LogP contribution >= 0.6 is 39.1 Å². The maximum absolute atomic E-state index is 13.2. The highest BCUT2D eigenvalue weighted by Crippen LogP contribution is 2.26. The topological polar surface area (TPSA) is 49.4 Å². The Bertz CT molecular complexity index is 838. The van der Waals surface area contributed by atoms with Gasteiger partial charge in [0.1, 0.15) is 6.04 Å². The lowest BCUT2D eigenvalue weighted by molar-refractivity contribution is -0.140. The third kappa shape index (κ3) is 6.73. The Morgan fingerprint density at radius 3 is 2.21 bits per heavy atom. The number of benzene rings is 2. The smallest absolute Gasteiger partial charge is 0.242 e. The SMILES string of the molecule is CCC(C)NC(=O)C(C)N(Cc1ccc(Br)cc1)C(=O)Cc1c(Cl)cccc1Cl. The van der Waals surface area contributed by atoms with Crippen LogP contribution in [0.4, 0.5) is 0 Å². The molecule has 2 aromatic carbocycles. The second-order valence-electron chi connectivity index (χ2n) is 7.02. The molecule has 0 radical (unpaired) electrons. The lowest BCUT2D eigenvalue weighted by Gasteiger charge is -2.30. The minimum absolute atomic E-state index is 0.0238. The predicted molar refractivity (Wildman–Crippen MR) is 122 cm³/mol. The fourth-order valence-electron chi connectivity index (χ4n) is 2.79. The quantitative estimate of drug-likeness (QED) is 0.511. The van der Waals surface area contributed by atoms with Crippen molar-refractivity contribution in [3.8, 4) is 0 Å². The van der Waals surface area contributed by atoms with E-state index in [-0.39, 0.29) is 24.3 Å². The third-order valence-corrected chi connectivity index (χ3v) is 6.06. The number of nitrogens with one attached hydrogen (secondary N) is 1. The minimum Gasteiger partial charge on any atom is -0.352 e. The molecule has 0 aliphatic rings. The zero-order valence-corrected chi connectivity index (χ0v) is 19.8. The summed E-state index contributed by atoms with van der Waals surface area (Å²) in [6.45, 7) is 5.99. The first kappa shape index (κ1) is 23.7. The maximum Gasteiger partial charge on any atom is 0.242 e. The number of rotatable bonds is 8. The molecule has 2 rings (SSSR count). The van der Waals surface area contributed by atoms with Gasteiger partial charge in [-0.25, -0.2) is 0 Å². The average molecular weight is 500 g/mol. The van der Waals surface area contributed by atoms with E-state index in [0.29, 0.717) is 22.2 Å². The zero-order chi connectivity index (χ0) is 21.6. The molecule has 0 heterocycles. The van der Waals surface area contributed by atoms with Gasteiger partial charge in [-0.1, -0.05) is 64.3 Å². The lowest BCUT2D eigenvalue weighted by atomic mass is 10.1. The first-order valence-electron chi connectivity index (χ1n) is 9.50. The van der Waals surface area contributed by atoms with E-state index in [4.69, 9.17) is 23.2 Å². The van der Waals surface area contributed by atoms with E-state index in [9.17, 15) is 9.59 Å². The molecule has 0 saturated heterocycles. The average Bonchev–Trinajstić information content (AvgIpc) is 2.69. The Balaban J connectivity index is 2.28. The number of carbonyl (C=O) groups excluding carboxylic acids is 2. The Hall–Kier alpha value is -1.56. The van der Waals surface area contributed by atoms with Gasteiger partial charge in [0.05, 0.1) is 6.42 Å². The molecule has 2 aromatic rings. The summed E-state index contributed by atoms with van der Waals surface area (Å²) >= 11 is 15.9. The monoisotopic (exact) mass is 498 g/mol. The summed E-state index contributed by atoms with van der Waals surface area (Å²) in [6.07, 6.45) is 0.838. The molecule has 0 aliphatic carbocycles. The van der Waals surface area contributed by atoms with Crippen molar-refractivity contribution < 1.29 is 9.59 Å². The molecule has 0 fully saturated rings. The van der Waals surface area contributed by atoms with Crippen LogP contribution in [0.1, 0.15) is 38.3 Å². The first-order valence-corrected chi connectivity index (χ1v) is 11.0. The van der Waals surface area contributed by atoms with Crippen LogP contribution in [0.15, 0.2) is 46.9 Å². The highest BCUT2D eigenvalue weighted by Gasteiger charge is 2.27. The Morgan fingerprint density at radius 2 is 1.66 bits per heavy atom. The summed E-state index contributed by atoms with van der Waals surface area (Å²) in [5.41, 5.74) is 1.49. The molecule has 29 heavy (non-hydrogen) atoms. The van der Waals surface area contributed by atoms with Crippen molar-refractivity contribution >= 4 is 50.9 Å². The summed E-state index contributed by atoms with van der Waals surface area (Å²) in [5, 5.41) is 3.83. The molecule has 0 bridgehead atoms. The number of nitrogens with zero attached hydrogens (tertiary/aromatic N) is 1. The van der Waals surface area contributed by atoms with E-state index < -0.39 is 6.04 Å². The molecule has 2 unspecified atom stereocenters. The van der Waals surface area contributed by atoms with Gasteiger partial charge in [-0.05, 0) is 55.7 Å². The Morgan fingerprint density at radius 1 is 1.07 bits per heavy atom. The molecule has 2 amide bonds. The number of amides is 2. The van der Waals surface area contributed by atoms with Crippen molar-refractivity contribution in [2.24, 2.45) is 0 Å². The summed E-state index contributed by atoms with van der Waals surface area (Å²) < 4.78 is 0.949. The number of hydrogen-bond acceptors (Lipinski definition) is 2. The molecular weight excluding hydrogens is 475 g/mol. The zero-order valence-electron chi connectivity index (χ0n) is 16.7. The summed E-state index contributed by atoms with van der Waals surface area (Å²) in [5.74, 6) is -0.398. The van der Waals surface area contributed by atoms with Gasteiger partial charge in [-0.3, -0.25) is 9.59 Å². The second kappa shape index (κ2) is 11.0. The van der Waals surface area contributed by atoms with Crippen molar-refractivity contribution in [3.05, 3.63) is 68.1 Å². The van der Waals surface area contributed by atoms with Crippen LogP contribution in [0.5, 0.6) is 0 Å². The third-order valence-electron chi connectivity index (χ3n) is 4.82. The van der Waals surface area contributed by atoms with Crippen LogP contribution in [0.2, 0.25) is 10.0 Å². The fraction of sp³-hybridized carbons (Fsp3) is 0.364. The van der Waals surface area contributed by atoms with Gasteiger partial charge in [0.15, 0.2) is 0 Å². The predicted octanol–water partition coefficient (Wildman–Crippen LogP) is 5.63. The van der Waals surface area contributed by atoms with Gasteiger partial charge in [-0.2, -0.15) is 0 Å². The number of halogens is 3. The van der Waals surface area contributed by atoms with Crippen LogP contribution < -0.4 is 5.32 Å². The van der Waals surface area contributed by atoms with Crippen LogP contribution in [0.25, 0.3) is 0 Å². The summed E-state index contributed by atoms with van der Waals surface area (Å²) in [6, 6.07) is 12.2. The highest BCUT2D eigenvalue weighted by molar-refractivity contribution is 9.10. The van der Waals surface area contributed by atoms with E-state index in [0.717, 1.165) is 16.5 Å². The molecule has 0 aliphatic heterocycles. The standard InChI is InChI=1S/C22H25BrCl2N2O2/c1-4-14(2)26-22(29)15(3)27(13-16-8-10-17(23)11-9-16)21(28)12-18-19(24)6-5-7-20(18)25/h5-11,14-15H,4,12-13H2,1-3H3,(H,26,29). The van der Waals surface area contributed by atoms with E-state index in [1.807, 2.05) is 38.1 Å². The first-order chi connectivity index (χ1) is 13.7. The van der Waals surface area contributed by atoms with Gasteiger partial charge in [0.2, 0.25) is 11.8 Å². The van der Waals surface area contributed by atoms with Crippen molar-refractivity contribution in [3.63, 3.8) is 0 Å². The molecule has 1 N–H and O–H groups in total. The van der Waals surface area contributed by atoms with E-state index in [2.05, 4.69) is 21.2 Å². The van der Waals surface area contributed by atoms with E-state index in [1.54, 1.807) is 30.0 Å². The normalized spacial score (nSPS) is 12.9. The molecule has 0 aromatic heterocycles. The number of carbonyl (C=O) groups is 2. The molecule has 0 saturated carbocycles. The van der Waals surface area contributed by atoms with Crippen molar-refractivity contribution in [2.45, 2.75) is 52.2 Å². The molecule has 2 atom stereocenters. The maximum atomic E-state index is 13.2. The minimum atomic E-state index is -0.638. The van der Waals surface area contributed by atoms with Crippen molar-refractivity contribution in [2.75, 3.05) is 0 Å². The Labute approximate surface area is 190 Å². The molecule has 156 valence electrons. The molecule has 0 spiro atoms. The summed E-state index contributed by atoms with van der Waals surface area (Å²) in [4.78, 5) is 27.5. The largest absolute Gasteiger partial charge is 0.352 e. The van der Waals surface area contributed by atoms with Crippen LogP contribution in [-0.4, -0.2) is 28.8 Å². The van der Waals surface area contributed by atoms with Gasteiger partial charge in [0.25, 0.3) is 0 Å². The molecule has 7 heteroatoms. The van der Waals surface area contributed by atoms with Gasteiger partial charge in [0, 0.05) is 27.1 Å². The Kier molecular flexibility index (Phi) is 9.00. The molecular formula is C22H25BrCl2N2O2. The van der Waals surface area contributed by atoms with Gasteiger partial charge < -0.3 is 10.2 Å². The second-order valence-corrected chi connectivity index (χ2v) is 8.75. The van der Waals surface area contributed by atoms with Crippen LogP contribution in [0, 0.1) is 0 Å². The number of hydrogen-bond donors (Lipinski definition) is 1. The highest BCUT2D eigenvalue weighted by atomic mass is 79.9. The fourth-order valence-corrected chi connectivity index (χ4v) is 3.58. The van der Waals surface area contributed by atoms with Gasteiger partial charge >= 0.3 is 0 Å². The van der Waals surface area contributed by atoms with Crippen LogP contribution in [-0.2, 0) is 22.6 Å². The summed E-state index contributed by atoms with van der Waals surface area (Å²) in [7, 11) is 0. The lowest BCUT2D eigenvalue weighted by Crippen LogP contribution is -2.49.